The maximum Gasteiger partial charge on any atom is 0.143 e. The number of anilines is 2. The molecule has 160 valence electrons. The molecule has 0 radical (unpaired) electrons. The van der Waals surface area contributed by atoms with Crippen molar-refractivity contribution in [2.45, 2.75) is 6.54 Å². The molecule has 0 spiro atoms. The van der Waals surface area contributed by atoms with Crippen LogP contribution in [0.2, 0.25) is 5.02 Å². The van der Waals surface area contributed by atoms with E-state index < -0.39 is 0 Å². The van der Waals surface area contributed by atoms with Gasteiger partial charge in [-0.3, -0.25) is 4.90 Å². The van der Waals surface area contributed by atoms with Crippen LogP contribution in [0, 0.1) is 0 Å². The van der Waals surface area contributed by atoms with Crippen molar-refractivity contribution in [3.8, 4) is 11.3 Å². The lowest BCUT2D eigenvalue weighted by Gasteiger charge is -2.26. The van der Waals surface area contributed by atoms with Crippen molar-refractivity contribution in [2.75, 3.05) is 31.6 Å². The predicted octanol–water partition coefficient (Wildman–Crippen LogP) is 5.28. The second kappa shape index (κ2) is 9.66. The second-order valence-corrected chi connectivity index (χ2v) is 7.82. The fourth-order valence-electron chi connectivity index (χ4n) is 3.71. The summed E-state index contributed by atoms with van der Waals surface area (Å²) in [5, 5.41) is 4.95. The number of nitrogens with one attached hydrogen (secondary N) is 2. The van der Waals surface area contributed by atoms with Gasteiger partial charge in [-0.05, 0) is 35.4 Å². The lowest BCUT2D eigenvalue weighted by atomic mass is 10.1. The van der Waals surface area contributed by atoms with Crippen LogP contribution in [0.15, 0.2) is 60.9 Å². The number of hydrogen-bond acceptors (Lipinski definition) is 5. The molecule has 8 heteroatoms. The Morgan fingerprint density at radius 3 is 2.61 bits per heavy atom. The fourth-order valence-corrected chi connectivity index (χ4v) is 3.90. The van der Waals surface area contributed by atoms with Gasteiger partial charge >= 0.3 is 0 Å². The number of aromatic nitrogens is 3. The molecule has 5 rings (SSSR count). The summed E-state index contributed by atoms with van der Waals surface area (Å²) in [4.78, 5) is 14.6. The van der Waals surface area contributed by atoms with E-state index in [4.69, 9.17) is 16.3 Å². The van der Waals surface area contributed by atoms with Crippen molar-refractivity contribution in [1.82, 2.24) is 19.9 Å². The van der Waals surface area contributed by atoms with E-state index in [1.807, 2.05) is 24.3 Å². The highest BCUT2D eigenvalue weighted by Crippen LogP contribution is 2.29. The number of morpholine rings is 1. The number of hydrogen-bond donors (Lipinski definition) is 2. The summed E-state index contributed by atoms with van der Waals surface area (Å²) in [5.41, 5.74) is 5.12. The van der Waals surface area contributed by atoms with Gasteiger partial charge in [0.05, 0.1) is 18.6 Å². The van der Waals surface area contributed by atoms with E-state index in [1.165, 1.54) is 5.56 Å². The van der Waals surface area contributed by atoms with Gasteiger partial charge in [-0.1, -0.05) is 41.9 Å². The van der Waals surface area contributed by atoms with Crippen LogP contribution in [0.3, 0.4) is 0 Å². The normalized spacial score (nSPS) is 14.4. The molecule has 6 nitrogen and oxygen atoms in total. The largest absolute Gasteiger partial charge is 0.379 e. The Hall–Kier alpha value is -2.64. The molecule has 2 aromatic carbocycles. The summed E-state index contributed by atoms with van der Waals surface area (Å²) >= 11 is 6.10. The lowest BCUT2D eigenvalue weighted by Crippen LogP contribution is -2.35. The third-order valence-corrected chi connectivity index (χ3v) is 5.52. The zero-order valence-electron chi connectivity index (χ0n) is 16.8. The number of ether oxygens (including phenoxy) is 1. The van der Waals surface area contributed by atoms with Crippen LogP contribution in [0.25, 0.3) is 22.3 Å². The van der Waals surface area contributed by atoms with Crippen molar-refractivity contribution >= 4 is 46.5 Å². The molecule has 2 aromatic heterocycles. The van der Waals surface area contributed by atoms with Crippen LogP contribution in [0.5, 0.6) is 0 Å². The van der Waals surface area contributed by atoms with Gasteiger partial charge < -0.3 is 15.0 Å². The molecule has 2 N–H and O–H groups in total. The third-order valence-electron chi connectivity index (χ3n) is 5.29. The first-order valence-electron chi connectivity index (χ1n) is 10.0. The van der Waals surface area contributed by atoms with E-state index in [9.17, 15) is 0 Å². The molecule has 0 amide bonds. The Morgan fingerprint density at radius 1 is 1.03 bits per heavy atom. The average molecular weight is 456 g/mol. The van der Waals surface area contributed by atoms with Gasteiger partial charge in [0.1, 0.15) is 17.8 Å². The first kappa shape index (κ1) is 21.6. The summed E-state index contributed by atoms with van der Waals surface area (Å²) in [5.74, 6) is 0.744. The van der Waals surface area contributed by atoms with Crippen LogP contribution < -0.4 is 5.32 Å². The maximum absolute atomic E-state index is 6.10. The molecular formula is C23H23Cl2N5O. The van der Waals surface area contributed by atoms with E-state index in [2.05, 4.69) is 55.5 Å². The lowest BCUT2D eigenvalue weighted by molar-refractivity contribution is 0.0342. The third kappa shape index (κ3) is 4.99. The molecule has 3 heterocycles. The SMILES string of the molecule is Cl.Clc1cccc(Nc2ncnc3[nH]c(-c4ccc(CN5CCOCC5)cc4)cc23)c1. The zero-order chi connectivity index (χ0) is 20.3. The molecule has 0 bridgehead atoms. The molecule has 31 heavy (non-hydrogen) atoms. The van der Waals surface area contributed by atoms with E-state index >= 15 is 0 Å². The Labute approximate surface area is 192 Å². The number of rotatable bonds is 5. The number of nitrogens with zero attached hydrogens (tertiary/aromatic N) is 3. The first-order chi connectivity index (χ1) is 14.7. The Balaban J connectivity index is 0.00000231. The topological polar surface area (TPSA) is 66.1 Å². The van der Waals surface area contributed by atoms with E-state index in [1.54, 1.807) is 6.33 Å². The van der Waals surface area contributed by atoms with Crippen LogP contribution in [-0.4, -0.2) is 46.2 Å². The van der Waals surface area contributed by atoms with Crippen LogP contribution >= 0.6 is 24.0 Å². The highest BCUT2D eigenvalue weighted by atomic mass is 35.5. The molecule has 4 aromatic rings. The number of halogens is 2. The van der Waals surface area contributed by atoms with Gasteiger partial charge in [-0.2, -0.15) is 0 Å². The fraction of sp³-hybridized carbons (Fsp3) is 0.217. The Bertz CT molecular complexity index is 1160. The summed E-state index contributed by atoms with van der Waals surface area (Å²) in [6, 6.07) is 18.3. The van der Waals surface area contributed by atoms with Gasteiger partial charge in [0.2, 0.25) is 0 Å². The van der Waals surface area contributed by atoms with Gasteiger partial charge in [-0.25, -0.2) is 9.97 Å². The highest BCUT2D eigenvalue weighted by Gasteiger charge is 2.12. The molecule has 0 atom stereocenters. The summed E-state index contributed by atoms with van der Waals surface area (Å²) < 4.78 is 5.43. The van der Waals surface area contributed by atoms with Crippen LogP contribution in [-0.2, 0) is 11.3 Å². The van der Waals surface area contributed by atoms with Gasteiger partial charge in [0, 0.05) is 36.0 Å². The van der Waals surface area contributed by atoms with Gasteiger partial charge in [0.25, 0.3) is 0 Å². The Kier molecular flexibility index (Phi) is 6.73. The monoisotopic (exact) mass is 455 g/mol. The van der Waals surface area contributed by atoms with Crippen molar-refractivity contribution in [2.24, 2.45) is 0 Å². The maximum atomic E-state index is 6.10. The van der Waals surface area contributed by atoms with E-state index in [0.717, 1.165) is 66.6 Å². The molecule has 1 fully saturated rings. The molecule has 0 saturated carbocycles. The van der Waals surface area contributed by atoms with Gasteiger partial charge in [-0.15, -0.1) is 12.4 Å². The minimum Gasteiger partial charge on any atom is -0.379 e. The number of benzene rings is 2. The zero-order valence-corrected chi connectivity index (χ0v) is 18.4. The quantitative estimate of drug-likeness (QED) is 0.428. The number of aromatic amines is 1. The smallest absolute Gasteiger partial charge is 0.143 e. The minimum absolute atomic E-state index is 0. The second-order valence-electron chi connectivity index (χ2n) is 7.39. The number of fused-ring (bicyclic) bond motifs is 1. The molecule has 1 aliphatic rings. The molecule has 1 aliphatic heterocycles. The Morgan fingerprint density at radius 2 is 1.84 bits per heavy atom. The van der Waals surface area contributed by atoms with Crippen molar-refractivity contribution in [1.29, 1.82) is 0 Å². The minimum atomic E-state index is 0. The van der Waals surface area contributed by atoms with Crippen molar-refractivity contribution < 1.29 is 4.74 Å². The van der Waals surface area contributed by atoms with Gasteiger partial charge in [0.15, 0.2) is 0 Å². The van der Waals surface area contributed by atoms with Crippen LogP contribution in [0.1, 0.15) is 5.56 Å². The van der Waals surface area contributed by atoms with E-state index in [-0.39, 0.29) is 12.4 Å². The molecular weight excluding hydrogens is 433 g/mol. The van der Waals surface area contributed by atoms with Crippen molar-refractivity contribution in [3.63, 3.8) is 0 Å². The highest BCUT2D eigenvalue weighted by molar-refractivity contribution is 6.30. The molecule has 0 unspecified atom stereocenters. The average Bonchev–Trinajstić information content (AvgIpc) is 3.21. The summed E-state index contributed by atoms with van der Waals surface area (Å²) in [6.45, 7) is 4.57. The summed E-state index contributed by atoms with van der Waals surface area (Å²) in [6.07, 6.45) is 1.56. The summed E-state index contributed by atoms with van der Waals surface area (Å²) in [7, 11) is 0. The predicted molar refractivity (Wildman–Crippen MR) is 127 cm³/mol. The van der Waals surface area contributed by atoms with Crippen LogP contribution in [0.4, 0.5) is 11.5 Å². The number of H-pyrrole nitrogens is 1. The first-order valence-corrected chi connectivity index (χ1v) is 10.4. The molecule has 0 aliphatic carbocycles. The van der Waals surface area contributed by atoms with Crippen molar-refractivity contribution in [3.05, 3.63) is 71.5 Å². The standard InChI is InChI=1S/C23H22ClN5O.ClH/c24-18-2-1-3-19(12-18)27-22-20-13-21(28-23(20)26-15-25-22)17-6-4-16(5-7-17)14-29-8-10-30-11-9-29;/h1-7,12-13,15H,8-11,14H2,(H2,25,26,27,28);1H. The molecule has 1 saturated heterocycles. The van der Waals surface area contributed by atoms with E-state index in [0.29, 0.717) is 5.02 Å².